The van der Waals surface area contributed by atoms with Gasteiger partial charge < -0.3 is 30.5 Å². The number of alkyl halides is 3. The molecule has 4 rings (SSSR count). The van der Waals surface area contributed by atoms with E-state index in [0.29, 0.717) is 16.9 Å². The number of hydrogen-bond donors (Lipinski definition) is 2. The van der Waals surface area contributed by atoms with E-state index < -0.39 is 30.0 Å². The lowest BCUT2D eigenvalue weighted by Gasteiger charge is -2.52. The highest BCUT2D eigenvalue weighted by molar-refractivity contribution is 5.91. The molecule has 9 nitrogen and oxygen atoms in total. The van der Waals surface area contributed by atoms with E-state index in [1.807, 2.05) is 18.2 Å². The van der Waals surface area contributed by atoms with Gasteiger partial charge in [0, 0.05) is 31.6 Å². The number of methoxy groups -OCH3 is 1. The van der Waals surface area contributed by atoms with E-state index in [1.54, 1.807) is 24.0 Å². The molecule has 0 aliphatic carbocycles. The standard InChI is InChI=1S/C27H32F3N5O4/c1-17-11-18(13-20(12-17)27(28,29)30)14-32-26(38)34-10-8-24(36)35-21(7-9-31)25(37)33(16-23(34)35)15-19-5-3-4-6-22(19)39-2/h3-6,11-13,21,23H,7-10,14-16,31H2,1-2H3,(H,32,38)/t21-,23+/m0/s1. The van der Waals surface area contributed by atoms with Gasteiger partial charge >= 0.3 is 12.2 Å². The zero-order valence-electron chi connectivity index (χ0n) is 21.8. The predicted molar refractivity (Wildman–Crippen MR) is 136 cm³/mol. The molecule has 2 aliphatic rings. The number of rotatable bonds is 7. The van der Waals surface area contributed by atoms with E-state index >= 15 is 0 Å². The molecule has 2 aromatic rings. The lowest BCUT2D eigenvalue weighted by Crippen LogP contribution is -2.72. The van der Waals surface area contributed by atoms with E-state index in [2.05, 4.69) is 5.32 Å². The molecule has 0 aromatic heterocycles. The van der Waals surface area contributed by atoms with Gasteiger partial charge in [-0.15, -0.1) is 0 Å². The van der Waals surface area contributed by atoms with Crippen LogP contribution in [0.25, 0.3) is 0 Å². The van der Waals surface area contributed by atoms with Crippen molar-refractivity contribution in [1.29, 1.82) is 0 Å². The Hall–Kier alpha value is -3.80. The summed E-state index contributed by atoms with van der Waals surface area (Å²) in [6.07, 6.45) is -5.01. The highest BCUT2D eigenvalue weighted by Crippen LogP contribution is 2.31. The number of urea groups is 1. The third-order valence-corrected chi connectivity index (χ3v) is 7.01. The highest BCUT2D eigenvalue weighted by Gasteiger charge is 2.48. The van der Waals surface area contributed by atoms with Crippen molar-refractivity contribution in [3.63, 3.8) is 0 Å². The van der Waals surface area contributed by atoms with Gasteiger partial charge in [0.15, 0.2) is 0 Å². The summed E-state index contributed by atoms with van der Waals surface area (Å²) in [6, 6.07) is 9.52. The van der Waals surface area contributed by atoms with Gasteiger partial charge in [-0.3, -0.25) is 9.59 Å². The van der Waals surface area contributed by atoms with Crippen LogP contribution in [-0.4, -0.2) is 71.5 Å². The van der Waals surface area contributed by atoms with E-state index in [4.69, 9.17) is 10.5 Å². The second-order valence-corrected chi connectivity index (χ2v) is 9.71. The number of nitrogens with two attached hydrogens (primary N) is 1. The molecule has 0 bridgehead atoms. The largest absolute Gasteiger partial charge is 0.496 e. The maximum Gasteiger partial charge on any atom is 0.416 e. The second kappa shape index (κ2) is 11.5. The van der Waals surface area contributed by atoms with Crippen molar-refractivity contribution in [3.8, 4) is 5.75 Å². The van der Waals surface area contributed by atoms with Crippen LogP contribution in [0, 0.1) is 6.92 Å². The topological polar surface area (TPSA) is 108 Å². The minimum Gasteiger partial charge on any atom is -0.496 e. The van der Waals surface area contributed by atoms with Crippen LogP contribution in [0.5, 0.6) is 5.75 Å². The van der Waals surface area contributed by atoms with Crippen molar-refractivity contribution in [1.82, 2.24) is 20.0 Å². The fraction of sp³-hybridized carbons (Fsp3) is 0.444. The van der Waals surface area contributed by atoms with Crippen LogP contribution in [0.15, 0.2) is 42.5 Å². The minimum atomic E-state index is -4.50. The average Bonchev–Trinajstić information content (AvgIpc) is 2.89. The normalized spacial score (nSPS) is 19.7. The number of fused-ring (bicyclic) bond motifs is 1. The van der Waals surface area contributed by atoms with Crippen LogP contribution in [0.3, 0.4) is 0 Å². The number of para-hydroxylation sites is 1. The third kappa shape index (κ3) is 6.11. The maximum absolute atomic E-state index is 13.5. The number of carbonyl (C=O) groups excluding carboxylic acids is 3. The number of carbonyl (C=O) groups is 3. The first-order chi connectivity index (χ1) is 18.5. The molecule has 0 saturated carbocycles. The molecule has 2 atom stereocenters. The Balaban J connectivity index is 1.56. The zero-order chi connectivity index (χ0) is 28.3. The van der Waals surface area contributed by atoms with Gasteiger partial charge in [-0.1, -0.05) is 29.8 Å². The smallest absolute Gasteiger partial charge is 0.416 e. The first-order valence-corrected chi connectivity index (χ1v) is 12.7. The van der Waals surface area contributed by atoms with Crippen molar-refractivity contribution in [2.75, 3.05) is 26.7 Å². The Morgan fingerprint density at radius 2 is 1.92 bits per heavy atom. The Morgan fingerprint density at radius 1 is 1.18 bits per heavy atom. The number of ether oxygens (including phenoxy) is 1. The van der Waals surface area contributed by atoms with Crippen molar-refractivity contribution < 1.29 is 32.3 Å². The molecule has 0 spiro atoms. The molecular formula is C27H32F3N5O4. The number of hydrogen-bond acceptors (Lipinski definition) is 5. The van der Waals surface area contributed by atoms with Crippen LogP contribution in [0.2, 0.25) is 0 Å². The molecular weight excluding hydrogens is 515 g/mol. The van der Waals surface area contributed by atoms with E-state index in [0.717, 1.165) is 17.7 Å². The van der Waals surface area contributed by atoms with Gasteiger partial charge in [0.2, 0.25) is 11.8 Å². The number of aryl methyl sites for hydroxylation is 1. The molecule has 2 aliphatic heterocycles. The lowest BCUT2D eigenvalue weighted by molar-refractivity contribution is -0.167. The summed E-state index contributed by atoms with van der Waals surface area (Å²) in [5.41, 5.74) is 6.50. The number of benzene rings is 2. The van der Waals surface area contributed by atoms with Gasteiger partial charge in [0.1, 0.15) is 18.0 Å². The number of amides is 4. The summed E-state index contributed by atoms with van der Waals surface area (Å²) >= 11 is 0. The first kappa shape index (κ1) is 28.2. The molecule has 2 heterocycles. The Kier molecular flexibility index (Phi) is 8.34. The van der Waals surface area contributed by atoms with Crippen molar-refractivity contribution >= 4 is 17.8 Å². The van der Waals surface area contributed by atoms with Crippen LogP contribution in [0.4, 0.5) is 18.0 Å². The highest BCUT2D eigenvalue weighted by atomic mass is 19.4. The van der Waals surface area contributed by atoms with E-state index in [1.165, 1.54) is 16.9 Å². The third-order valence-electron chi connectivity index (χ3n) is 7.01. The number of halogens is 3. The van der Waals surface area contributed by atoms with Gasteiger partial charge in [-0.05, 0) is 43.7 Å². The molecule has 12 heteroatoms. The zero-order valence-corrected chi connectivity index (χ0v) is 21.8. The SMILES string of the molecule is COc1ccccc1CN1C[C@@H]2N(C(=O)NCc3cc(C)cc(C(F)(F)F)c3)CCC(=O)N2[C@@H](CCN)C1=O. The second-order valence-electron chi connectivity index (χ2n) is 9.71. The molecule has 0 radical (unpaired) electrons. The molecule has 39 heavy (non-hydrogen) atoms. The minimum absolute atomic E-state index is 0.0213. The van der Waals surface area contributed by atoms with Gasteiger partial charge in [0.05, 0.1) is 19.2 Å². The quantitative estimate of drug-likeness (QED) is 0.555. The monoisotopic (exact) mass is 547 g/mol. The summed E-state index contributed by atoms with van der Waals surface area (Å²) in [5, 5.41) is 2.70. The van der Waals surface area contributed by atoms with Gasteiger partial charge in [0.25, 0.3) is 0 Å². The van der Waals surface area contributed by atoms with E-state index in [-0.39, 0.29) is 57.4 Å². The summed E-state index contributed by atoms with van der Waals surface area (Å²) in [6.45, 7) is 1.98. The Labute approximate surface area is 224 Å². The molecule has 210 valence electrons. The fourth-order valence-electron chi connectivity index (χ4n) is 5.24. The fourth-order valence-corrected chi connectivity index (χ4v) is 5.24. The van der Waals surface area contributed by atoms with Crippen molar-refractivity contribution in [2.24, 2.45) is 5.73 Å². The molecule has 0 unspecified atom stereocenters. The molecule has 2 saturated heterocycles. The molecule has 2 fully saturated rings. The predicted octanol–water partition coefficient (Wildman–Crippen LogP) is 2.85. The van der Waals surface area contributed by atoms with Gasteiger partial charge in [-0.25, -0.2) is 4.79 Å². The van der Waals surface area contributed by atoms with Crippen molar-refractivity contribution in [3.05, 3.63) is 64.7 Å². The van der Waals surface area contributed by atoms with E-state index in [9.17, 15) is 27.6 Å². The van der Waals surface area contributed by atoms with Crippen LogP contribution in [0.1, 0.15) is 35.1 Å². The maximum atomic E-state index is 13.5. The van der Waals surface area contributed by atoms with Crippen LogP contribution >= 0.6 is 0 Å². The Bertz CT molecular complexity index is 1240. The van der Waals surface area contributed by atoms with Crippen molar-refractivity contribution in [2.45, 2.75) is 51.2 Å². The number of nitrogens with zero attached hydrogens (tertiary/aromatic N) is 3. The number of nitrogens with one attached hydrogen (secondary N) is 1. The Morgan fingerprint density at radius 3 is 2.62 bits per heavy atom. The van der Waals surface area contributed by atoms with Crippen LogP contribution < -0.4 is 15.8 Å². The molecule has 4 amide bonds. The average molecular weight is 548 g/mol. The molecule has 3 N–H and O–H groups in total. The summed E-state index contributed by atoms with van der Waals surface area (Å²) in [7, 11) is 1.54. The van der Waals surface area contributed by atoms with Crippen LogP contribution in [-0.2, 0) is 28.9 Å². The number of piperazine rings is 1. The summed E-state index contributed by atoms with van der Waals surface area (Å²) < 4.78 is 45.2. The lowest BCUT2D eigenvalue weighted by atomic mass is 10.0. The molecule has 2 aromatic carbocycles. The summed E-state index contributed by atoms with van der Waals surface area (Å²) in [5.74, 6) is 0.0905. The van der Waals surface area contributed by atoms with Gasteiger partial charge in [-0.2, -0.15) is 13.2 Å². The summed E-state index contributed by atoms with van der Waals surface area (Å²) in [4.78, 5) is 44.3. The first-order valence-electron chi connectivity index (χ1n) is 12.7.